The van der Waals surface area contributed by atoms with Crippen molar-refractivity contribution in [2.45, 2.75) is 65.6 Å². The van der Waals surface area contributed by atoms with Gasteiger partial charge >= 0.3 is 0 Å². The van der Waals surface area contributed by atoms with E-state index in [0.717, 1.165) is 28.1 Å². The number of halogens is 1. The molecule has 2 aromatic carbocycles. The van der Waals surface area contributed by atoms with Crippen LogP contribution in [0.3, 0.4) is 0 Å². The normalized spacial score (nSPS) is 13.1. The molecular weight excluding hydrogens is 469 g/mol. The van der Waals surface area contributed by atoms with Crippen LogP contribution in [0.2, 0.25) is 0 Å². The Balaban J connectivity index is 2.16. The first-order valence-electron chi connectivity index (χ1n) is 11.8. The number of hydrogen-bond acceptors (Lipinski definition) is 4. The van der Waals surface area contributed by atoms with E-state index in [1.165, 1.54) is 29.2 Å². The van der Waals surface area contributed by atoms with Gasteiger partial charge in [0.05, 0.1) is 11.9 Å². The Hall–Kier alpha value is -2.94. The van der Waals surface area contributed by atoms with Crippen LogP contribution < -0.4 is 9.62 Å². The van der Waals surface area contributed by atoms with Crippen molar-refractivity contribution >= 4 is 27.5 Å². The predicted molar refractivity (Wildman–Crippen MR) is 137 cm³/mol. The standard InChI is InChI=1S/C26H36FN3O4S/c1-6-20(3)28-26(32)21(4)29(18-22-10-7-9-19(2)17-22)25(31)11-8-16-30(35(5,33)34)24-14-12-23(27)13-15-24/h7,9-10,12-15,17,20-21H,6,8,11,16,18H2,1-5H3,(H,28,32). The fourth-order valence-electron chi connectivity index (χ4n) is 3.67. The van der Waals surface area contributed by atoms with Crippen LogP contribution in [-0.4, -0.2) is 50.0 Å². The number of benzene rings is 2. The van der Waals surface area contributed by atoms with Gasteiger partial charge in [-0.05, 0) is 63.4 Å². The lowest BCUT2D eigenvalue weighted by molar-refractivity contribution is -0.140. The lowest BCUT2D eigenvalue weighted by Crippen LogP contribution is -2.49. The highest BCUT2D eigenvalue weighted by Gasteiger charge is 2.27. The van der Waals surface area contributed by atoms with Crippen LogP contribution in [0.4, 0.5) is 10.1 Å². The number of anilines is 1. The highest BCUT2D eigenvalue weighted by Crippen LogP contribution is 2.20. The molecule has 0 fully saturated rings. The van der Waals surface area contributed by atoms with Crippen molar-refractivity contribution in [2.75, 3.05) is 17.1 Å². The van der Waals surface area contributed by atoms with E-state index in [4.69, 9.17) is 0 Å². The molecule has 0 bridgehead atoms. The molecule has 2 rings (SSSR count). The Morgan fingerprint density at radius 2 is 1.74 bits per heavy atom. The van der Waals surface area contributed by atoms with Crippen molar-refractivity contribution < 1.29 is 22.4 Å². The largest absolute Gasteiger partial charge is 0.352 e. The third-order valence-electron chi connectivity index (χ3n) is 5.87. The lowest BCUT2D eigenvalue weighted by Gasteiger charge is -2.30. The van der Waals surface area contributed by atoms with E-state index in [0.29, 0.717) is 5.69 Å². The molecule has 0 heterocycles. The predicted octanol–water partition coefficient (Wildman–Crippen LogP) is 4.01. The third-order valence-corrected chi connectivity index (χ3v) is 7.06. The van der Waals surface area contributed by atoms with Gasteiger partial charge in [0.2, 0.25) is 21.8 Å². The first-order valence-corrected chi connectivity index (χ1v) is 13.7. The maximum Gasteiger partial charge on any atom is 0.242 e. The third kappa shape index (κ3) is 8.65. The summed E-state index contributed by atoms with van der Waals surface area (Å²) >= 11 is 0. The molecule has 0 aliphatic carbocycles. The first kappa shape index (κ1) is 28.3. The van der Waals surface area contributed by atoms with Gasteiger partial charge in [0.1, 0.15) is 11.9 Å². The summed E-state index contributed by atoms with van der Waals surface area (Å²) in [5, 5.41) is 2.93. The van der Waals surface area contributed by atoms with Crippen molar-refractivity contribution in [1.82, 2.24) is 10.2 Å². The van der Waals surface area contributed by atoms with Gasteiger partial charge in [0.25, 0.3) is 0 Å². The summed E-state index contributed by atoms with van der Waals surface area (Å²) in [7, 11) is -3.63. The summed E-state index contributed by atoms with van der Waals surface area (Å²) in [6.45, 7) is 7.87. The molecular formula is C26H36FN3O4S. The van der Waals surface area contributed by atoms with Crippen LogP contribution in [0.15, 0.2) is 48.5 Å². The van der Waals surface area contributed by atoms with Crippen LogP contribution in [0, 0.1) is 12.7 Å². The van der Waals surface area contributed by atoms with Crippen molar-refractivity contribution in [3.05, 3.63) is 65.5 Å². The van der Waals surface area contributed by atoms with Crippen LogP contribution >= 0.6 is 0 Å². The Labute approximate surface area is 208 Å². The number of aryl methyl sites for hydroxylation is 1. The molecule has 0 saturated carbocycles. The highest BCUT2D eigenvalue weighted by molar-refractivity contribution is 7.92. The van der Waals surface area contributed by atoms with E-state index in [9.17, 15) is 22.4 Å². The minimum Gasteiger partial charge on any atom is -0.352 e. The summed E-state index contributed by atoms with van der Waals surface area (Å²) < 4.78 is 39.1. The fourth-order valence-corrected chi connectivity index (χ4v) is 4.63. The molecule has 0 aromatic heterocycles. The number of carbonyl (C=O) groups excluding carboxylic acids is 2. The van der Waals surface area contributed by atoms with E-state index in [1.54, 1.807) is 6.92 Å². The van der Waals surface area contributed by atoms with E-state index in [-0.39, 0.29) is 43.8 Å². The molecule has 1 N–H and O–H groups in total. The van der Waals surface area contributed by atoms with Crippen LogP contribution in [0.5, 0.6) is 0 Å². The maximum atomic E-state index is 13.3. The summed E-state index contributed by atoms with van der Waals surface area (Å²) in [6, 6.07) is 12.2. The highest BCUT2D eigenvalue weighted by atomic mass is 32.2. The van der Waals surface area contributed by atoms with Crippen LogP contribution in [0.1, 0.15) is 51.2 Å². The summed E-state index contributed by atoms with van der Waals surface area (Å²) in [5.41, 5.74) is 2.29. The molecule has 2 amide bonds. The molecule has 0 spiro atoms. The number of carbonyl (C=O) groups is 2. The van der Waals surface area contributed by atoms with E-state index < -0.39 is 21.9 Å². The number of hydrogen-bond donors (Lipinski definition) is 1. The van der Waals surface area contributed by atoms with Gasteiger partial charge in [0.15, 0.2) is 0 Å². The number of sulfonamides is 1. The Kier molecular flexibility index (Phi) is 10.2. The van der Waals surface area contributed by atoms with E-state index in [1.807, 2.05) is 45.0 Å². The number of rotatable bonds is 12. The van der Waals surface area contributed by atoms with Crippen LogP contribution in [-0.2, 0) is 26.2 Å². The average Bonchev–Trinajstić information content (AvgIpc) is 2.79. The lowest BCUT2D eigenvalue weighted by atomic mass is 10.1. The molecule has 9 heteroatoms. The van der Waals surface area contributed by atoms with Gasteiger partial charge in [-0.1, -0.05) is 36.8 Å². The van der Waals surface area contributed by atoms with E-state index >= 15 is 0 Å². The second-order valence-corrected chi connectivity index (χ2v) is 10.8. The molecule has 192 valence electrons. The van der Waals surface area contributed by atoms with E-state index in [2.05, 4.69) is 5.32 Å². The zero-order valence-corrected chi connectivity index (χ0v) is 21.9. The molecule has 0 saturated heterocycles. The van der Waals surface area contributed by atoms with Gasteiger partial charge in [0, 0.05) is 25.6 Å². The first-order chi connectivity index (χ1) is 16.4. The smallest absolute Gasteiger partial charge is 0.242 e. The molecule has 2 atom stereocenters. The Bertz CT molecular complexity index is 1110. The summed E-state index contributed by atoms with van der Waals surface area (Å²) in [4.78, 5) is 27.6. The van der Waals surface area contributed by atoms with Gasteiger partial charge in [-0.3, -0.25) is 13.9 Å². The van der Waals surface area contributed by atoms with Crippen molar-refractivity contribution in [1.29, 1.82) is 0 Å². The van der Waals surface area contributed by atoms with Crippen LogP contribution in [0.25, 0.3) is 0 Å². The second kappa shape index (κ2) is 12.7. The van der Waals surface area contributed by atoms with Crippen molar-refractivity contribution in [3.8, 4) is 0 Å². The summed E-state index contributed by atoms with van der Waals surface area (Å²) in [5.74, 6) is -0.941. The molecule has 0 aliphatic rings. The molecule has 2 aromatic rings. The summed E-state index contributed by atoms with van der Waals surface area (Å²) in [6.07, 6.45) is 2.14. The average molecular weight is 506 g/mol. The Morgan fingerprint density at radius 1 is 1.09 bits per heavy atom. The molecule has 35 heavy (non-hydrogen) atoms. The van der Waals surface area contributed by atoms with Gasteiger partial charge in [-0.2, -0.15) is 0 Å². The number of nitrogens with zero attached hydrogens (tertiary/aromatic N) is 2. The van der Waals surface area contributed by atoms with Crippen molar-refractivity contribution in [3.63, 3.8) is 0 Å². The molecule has 7 nitrogen and oxygen atoms in total. The molecule has 0 radical (unpaired) electrons. The zero-order valence-electron chi connectivity index (χ0n) is 21.1. The molecule has 2 unspecified atom stereocenters. The maximum absolute atomic E-state index is 13.3. The van der Waals surface area contributed by atoms with Gasteiger partial charge < -0.3 is 10.2 Å². The minimum absolute atomic E-state index is 0.0140. The fraction of sp³-hybridized carbons (Fsp3) is 0.462. The van der Waals surface area contributed by atoms with Gasteiger partial charge in [-0.25, -0.2) is 12.8 Å². The van der Waals surface area contributed by atoms with Crippen molar-refractivity contribution in [2.24, 2.45) is 0 Å². The number of nitrogens with one attached hydrogen (secondary N) is 1. The quantitative estimate of drug-likeness (QED) is 0.472. The molecule has 0 aliphatic heterocycles. The second-order valence-electron chi connectivity index (χ2n) is 8.92. The van der Waals surface area contributed by atoms with Gasteiger partial charge in [-0.15, -0.1) is 0 Å². The number of amides is 2. The minimum atomic E-state index is -3.63. The monoisotopic (exact) mass is 505 g/mol. The zero-order chi connectivity index (χ0) is 26.2. The topological polar surface area (TPSA) is 86.8 Å². The SMILES string of the molecule is CCC(C)NC(=O)C(C)N(Cc1cccc(C)c1)C(=O)CCCN(c1ccc(F)cc1)S(C)(=O)=O. The Morgan fingerprint density at radius 3 is 2.31 bits per heavy atom.